The molecule has 1 saturated carbocycles. The molecule has 1 saturated heterocycles. The van der Waals surface area contributed by atoms with E-state index in [0.717, 1.165) is 19.1 Å². The van der Waals surface area contributed by atoms with Crippen LogP contribution in [-0.2, 0) is 19.6 Å². The highest BCUT2D eigenvalue weighted by Gasteiger charge is 2.36. The van der Waals surface area contributed by atoms with Crippen molar-refractivity contribution < 1.29 is 18.0 Å². The molecular formula is C17H23N3O4S. The van der Waals surface area contributed by atoms with Crippen LogP contribution in [0.1, 0.15) is 25.7 Å². The molecule has 0 bridgehead atoms. The molecule has 1 aliphatic carbocycles. The van der Waals surface area contributed by atoms with E-state index in [4.69, 9.17) is 0 Å². The van der Waals surface area contributed by atoms with Gasteiger partial charge < -0.3 is 10.2 Å². The van der Waals surface area contributed by atoms with Crippen LogP contribution >= 0.6 is 0 Å². The highest BCUT2D eigenvalue weighted by atomic mass is 32.2. The number of nitrogens with one attached hydrogen (secondary N) is 2. The predicted molar refractivity (Wildman–Crippen MR) is 95.6 cm³/mol. The molecule has 3 rings (SSSR count). The van der Waals surface area contributed by atoms with Crippen LogP contribution in [0.3, 0.4) is 0 Å². The van der Waals surface area contributed by atoms with Gasteiger partial charge in [0, 0.05) is 24.9 Å². The van der Waals surface area contributed by atoms with Gasteiger partial charge in [0.15, 0.2) is 0 Å². The van der Waals surface area contributed by atoms with Gasteiger partial charge in [0.1, 0.15) is 0 Å². The molecule has 7 nitrogen and oxygen atoms in total. The first-order chi connectivity index (χ1) is 11.8. The Bertz CT molecular complexity index is 766. The number of benzene rings is 1. The van der Waals surface area contributed by atoms with Gasteiger partial charge in [-0.2, -0.15) is 0 Å². The van der Waals surface area contributed by atoms with Gasteiger partial charge in [-0.15, -0.1) is 0 Å². The summed E-state index contributed by atoms with van der Waals surface area (Å²) in [6.07, 6.45) is 4.31. The Balaban J connectivity index is 1.59. The first kappa shape index (κ1) is 17.7. The summed E-state index contributed by atoms with van der Waals surface area (Å²) >= 11 is 0. The van der Waals surface area contributed by atoms with Crippen LogP contribution in [0.5, 0.6) is 0 Å². The lowest BCUT2D eigenvalue weighted by Gasteiger charge is -2.31. The van der Waals surface area contributed by atoms with Gasteiger partial charge in [-0.05, 0) is 37.8 Å². The zero-order valence-electron chi connectivity index (χ0n) is 14.2. The van der Waals surface area contributed by atoms with Gasteiger partial charge in [0.05, 0.1) is 17.6 Å². The second-order valence-electron chi connectivity index (χ2n) is 6.78. The van der Waals surface area contributed by atoms with Crippen LogP contribution in [0.2, 0.25) is 0 Å². The Kier molecular flexibility index (Phi) is 4.99. The van der Waals surface area contributed by atoms with E-state index < -0.39 is 10.0 Å². The lowest BCUT2D eigenvalue weighted by Crippen LogP contribution is -2.42. The third kappa shape index (κ3) is 4.72. The number of para-hydroxylation sites is 2. The van der Waals surface area contributed by atoms with E-state index >= 15 is 0 Å². The number of likely N-dealkylation sites (tertiary alicyclic amines) is 1. The fourth-order valence-electron chi connectivity index (χ4n) is 3.07. The maximum absolute atomic E-state index is 12.5. The summed E-state index contributed by atoms with van der Waals surface area (Å²) in [5, 5.41) is 2.81. The van der Waals surface area contributed by atoms with Crippen molar-refractivity contribution in [2.24, 2.45) is 11.8 Å². The number of hydrogen-bond acceptors (Lipinski definition) is 4. The number of anilines is 2. The van der Waals surface area contributed by atoms with Gasteiger partial charge >= 0.3 is 0 Å². The maximum Gasteiger partial charge on any atom is 0.229 e. The lowest BCUT2D eigenvalue weighted by atomic mass is 9.95. The van der Waals surface area contributed by atoms with E-state index in [1.54, 1.807) is 24.3 Å². The fraction of sp³-hybridized carbons (Fsp3) is 0.529. The lowest BCUT2D eigenvalue weighted by molar-refractivity contribution is -0.135. The molecule has 2 amide bonds. The largest absolute Gasteiger partial charge is 0.342 e. The number of amides is 2. The Morgan fingerprint density at radius 2 is 1.60 bits per heavy atom. The van der Waals surface area contributed by atoms with Crippen LogP contribution in [0, 0.1) is 11.8 Å². The minimum atomic E-state index is -3.42. The van der Waals surface area contributed by atoms with E-state index in [2.05, 4.69) is 10.0 Å². The van der Waals surface area contributed by atoms with Crippen LogP contribution in [0.15, 0.2) is 24.3 Å². The summed E-state index contributed by atoms with van der Waals surface area (Å²) < 4.78 is 25.3. The molecule has 8 heteroatoms. The van der Waals surface area contributed by atoms with Gasteiger partial charge in [0.25, 0.3) is 0 Å². The predicted octanol–water partition coefficient (Wildman–Crippen LogP) is 1.65. The highest BCUT2D eigenvalue weighted by molar-refractivity contribution is 7.92. The molecule has 0 radical (unpaired) electrons. The summed E-state index contributed by atoms with van der Waals surface area (Å²) in [6.45, 7) is 1.22. The van der Waals surface area contributed by atoms with E-state index in [1.807, 2.05) is 4.90 Å². The third-order valence-electron chi connectivity index (χ3n) is 4.58. The standard InChI is InChI=1S/C17H23N3O4S/c1-25(23,24)19-15-5-3-2-4-14(15)18-16(21)12-8-10-20(11-9-12)17(22)13-6-7-13/h2-5,12-13,19H,6-11H2,1H3,(H,18,21). The maximum atomic E-state index is 12.5. The highest BCUT2D eigenvalue weighted by Crippen LogP contribution is 2.32. The molecule has 1 aliphatic heterocycles. The van der Waals surface area contributed by atoms with Crippen LogP contribution in [-0.4, -0.2) is 44.5 Å². The molecule has 136 valence electrons. The van der Waals surface area contributed by atoms with E-state index in [-0.39, 0.29) is 23.7 Å². The summed E-state index contributed by atoms with van der Waals surface area (Å²) in [5.74, 6) is 0.122. The average Bonchev–Trinajstić information content (AvgIpc) is 3.40. The Morgan fingerprint density at radius 3 is 2.16 bits per heavy atom. The minimum absolute atomic E-state index is 0.138. The number of carbonyl (C=O) groups is 2. The zero-order chi connectivity index (χ0) is 18.0. The van der Waals surface area contributed by atoms with E-state index in [1.165, 1.54) is 0 Å². The molecule has 2 fully saturated rings. The van der Waals surface area contributed by atoms with Crippen LogP contribution in [0.25, 0.3) is 0 Å². The van der Waals surface area contributed by atoms with Crippen molar-refractivity contribution in [3.05, 3.63) is 24.3 Å². The Morgan fingerprint density at radius 1 is 1.00 bits per heavy atom. The normalized spacial score (nSPS) is 18.7. The van der Waals surface area contributed by atoms with Crippen LogP contribution < -0.4 is 10.0 Å². The molecule has 25 heavy (non-hydrogen) atoms. The second-order valence-corrected chi connectivity index (χ2v) is 8.53. The second kappa shape index (κ2) is 7.03. The molecule has 0 atom stereocenters. The summed E-state index contributed by atoms with van der Waals surface area (Å²) in [6, 6.07) is 6.70. The quantitative estimate of drug-likeness (QED) is 0.829. The minimum Gasteiger partial charge on any atom is -0.342 e. The van der Waals surface area contributed by atoms with Crippen molar-refractivity contribution in [2.45, 2.75) is 25.7 Å². The molecule has 0 aromatic heterocycles. The summed E-state index contributed by atoms with van der Waals surface area (Å²) in [5.41, 5.74) is 0.786. The first-order valence-corrected chi connectivity index (χ1v) is 10.4. The third-order valence-corrected chi connectivity index (χ3v) is 5.18. The monoisotopic (exact) mass is 365 g/mol. The first-order valence-electron chi connectivity index (χ1n) is 8.50. The Labute approximate surface area is 147 Å². The smallest absolute Gasteiger partial charge is 0.229 e. The number of piperidine rings is 1. The van der Waals surface area contributed by atoms with E-state index in [0.29, 0.717) is 37.3 Å². The average molecular weight is 365 g/mol. The molecule has 2 aliphatic rings. The number of hydrogen-bond donors (Lipinski definition) is 2. The fourth-order valence-corrected chi connectivity index (χ4v) is 3.64. The van der Waals surface area contributed by atoms with Gasteiger partial charge in [-0.25, -0.2) is 8.42 Å². The zero-order valence-corrected chi connectivity index (χ0v) is 15.0. The molecular weight excluding hydrogens is 342 g/mol. The van der Waals surface area contributed by atoms with Gasteiger partial charge in [-0.1, -0.05) is 12.1 Å². The molecule has 1 heterocycles. The van der Waals surface area contributed by atoms with E-state index in [9.17, 15) is 18.0 Å². The van der Waals surface area contributed by atoms with Gasteiger partial charge in [0.2, 0.25) is 21.8 Å². The van der Waals surface area contributed by atoms with Crippen molar-refractivity contribution in [2.75, 3.05) is 29.4 Å². The van der Waals surface area contributed by atoms with Crippen molar-refractivity contribution in [3.63, 3.8) is 0 Å². The molecule has 0 unspecified atom stereocenters. The summed E-state index contributed by atoms with van der Waals surface area (Å²) in [7, 11) is -3.42. The molecule has 2 N–H and O–H groups in total. The number of carbonyl (C=O) groups excluding carboxylic acids is 2. The molecule has 1 aromatic carbocycles. The number of rotatable bonds is 5. The van der Waals surface area contributed by atoms with Crippen LogP contribution in [0.4, 0.5) is 11.4 Å². The molecule has 0 spiro atoms. The van der Waals surface area contributed by atoms with Crippen molar-refractivity contribution in [1.82, 2.24) is 4.90 Å². The number of nitrogens with zero attached hydrogens (tertiary/aromatic N) is 1. The topological polar surface area (TPSA) is 95.6 Å². The van der Waals surface area contributed by atoms with Crippen molar-refractivity contribution >= 4 is 33.2 Å². The van der Waals surface area contributed by atoms with Crippen molar-refractivity contribution in [1.29, 1.82) is 0 Å². The molecule has 1 aromatic rings. The van der Waals surface area contributed by atoms with Gasteiger partial charge in [-0.3, -0.25) is 14.3 Å². The SMILES string of the molecule is CS(=O)(=O)Nc1ccccc1NC(=O)C1CCN(C(=O)C2CC2)CC1. The van der Waals surface area contributed by atoms with Crippen molar-refractivity contribution in [3.8, 4) is 0 Å². The number of sulfonamides is 1. The summed E-state index contributed by atoms with van der Waals surface area (Å²) in [4.78, 5) is 26.4. The Hall–Kier alpha value is -2.09.